The van der Waals surface area contributed by atoms with Gasteiger partial charge in [0.05, 0.1) is 12.2 Å². The van der Waals surface area contributed by atoms with Crippen LogP contribution in [0.15, 0.2) is 12.5 Å². The lowest BCUT2D eigenvalue weighted by atomic mass is 10.3. The van der Waals surface area contributed by atoms with Crippen LogP contribution in [0.4, 0.5) is 0 Å². The Morgan fingerprint density at radius 2 is 2.22 bits per heavy atom. The van der Waals surface area contributed by atoms with Gasteiger partial charge in [-0.1, -0.05) is 11.3 Å². The average molecular weight is 266 g/mol. The monoisotopic (exact) mass is 266 g/mol. The van der Waals surface area contributed by atoms with Gasteiger partial charge >= 0.3 is 0 Å². The molecule has 0 aliphatic rings. The molecule has 0 fully saturated rings. The molecular weight excluding hydrogens is 252 g/mol. The first kappa shape index (κ1) is 12.7. The summed E-state index contributed by atoms with van der Waals surface area (Å²) in [5.41, 5.74) is 5.79. The molecular formula is C10H14N6OS. The third kappa shape index (κ3) is 2.24. The van der Waals surface area contributed by atoms with E-state index in [2.05, 4.69) is 15.1 Å². The van der Waals surface area contributed by atoms with Gasteiger partial charge in [0.25, 0.3) is 5.91 Å². The van der Waals surface area contributed by atoms with Crippen molar-refractivity contribution in [3.8, 4) is 5.13 Å². The fourth-order valence-electron chi connectivity index (χ4n) is 1.39. The van der Waals surface area contributed by atoms with Crippen molar-refractivity contribution in [2.45, 2.75) is 13.0 Å². The van der Waals surface area contributed by atoms with Crippen molar-refractivity contribution < 1.29 is 4.79 Å². The maximum absolute atomic E-state index is 11.8. The van der Waals surface area contributed by atoms with E-state index in [9.17, 15) is 4.79 Å². The van der Waals surface area contributed by atoms with E-state index in [4.69, 9.17) is 5.73 Å². The molecule has 96 valence electrons. The standard InChI is InChI=1S/C10H14N6OS/c1-6(11)8-13-5-14-16(8)10-12-4-7(18-10)9(17)15(2)3/h4-6H,11H2,1-3H3/t6-/m0/s1. The largest absolute Gasteiger partial charge is 0.344 e. The zero-order valence-corrected chi connectivity index (χ0v) is 11.2. The maximum Gasteiger partial charge on any atom is 0.265 e. The first-order valence-corrected chi connectivity index (χ1v) is 6.15. The predicted molar refractivity (Wildman–Crippen MR) is 67.7 cm³/mol. The predicted octanol–water partition coefficient (Wildman–Crippen LogP) is 0.445. The fourth-order valence-corrected chi connectivity index (χ4v) is 2.29. The Morgan fingerprint density at radius 1 is 1.50 bits per heavy atom. The molecule has 0 aromatic carbocycles. The van der Waals surface area contributed by atoms with Gasteiger partial charge in [-0.05, 0) is 6.92 Å². The molecule has 2 aromatic rings. The van der Waals surface area contributed by atoms with Crippen LogP contribution in [0.1, 0.15) is 28.5 Å². The van der Waals surface area contributed by atoms with Crippen LogP contribution in [0.25, 0.3) is 5.13 Å². The molecule has 7 nitrogen and oxygen atoms in total. The lowest BCUT2D eigenvalue weighted by molar-refractivity contribution is 0.0832. The van der Waals surface area contributed by atoms with Crippen LogP contribution in [0, 0.1) is 0 Å². The Morgan fingerprint density at radius 3 is 2.83 bits per heavy atom. The third-order valence-corrected chi connectivity index (χ3v) is 3.23. The van der Waals surface area contributed by atoms with Crippen molar-refractivity contribution >= 4 is 17.2 Å². The van der Waals surface area contributed by atoms with Gasteiger partial charge < -0.3 is 10.6 Å². The highest BCUT2D eigenvalue weighted by Crippen LogP contribution is 2.20. The summed E-state index contributed by atoms with van der Waals surface area (Å²) in [5.74, 6) is 0.536. The summed E-state index contributed by atoms with van der Waals surface area (Å²) in [4.78, 5) is 22.1. The van der Waals surface area contributed by atoms with Crippen LogP contribution in [0.3, 0.4) is 0 Å². The van der Waals surface area contributed by atoms with Crippen LogP contribution in [0.2, 0.25) is 0 Å². The third-order valence-electron chi connectivity index (χ3n) is 2.27. The Balaban J connectivity index is 2.35. The van der Waals surface area contributed by atoms with Crippen molar-refractivity contribution in [2.75, 3.05) is 14.1 Å². The smallest absolute Gasteiger partial charge is 0.265 e. The Bertz CT molecular complexity index is 558. The summed E-state index contributed by atoms with van der Waals surface area (Å²) < 4.78 is 1.56. The number of rotatable bonds is 3. The highest BCUT2D eigenvalue weighted by molar-refractivity contribution is 7.16. The number of aromatic nitrogens is 4. The number of hydrogen-bond donors (Lipinski definition) is 1. The Hall–Kier alpha value is -1.80. The Kier molecular flexibility index (Phi) is 3.39. The average Bonchev–Trinajstić information content (AvgIpc) is 2.95. The molecule has 1 amide bonds. The van der Waals surface area contributed by atoms with Crippen LogP contribution in [0.5, 0.6) is 0 Å². The van der Waals surface area contributed by atoms with Crippen molar-refractivity contribution in [2.24, 2.45) is 5.73 Å². The molecule has 2 rings (SSSR count). The van der Waals surface area contributed by atoms with Crippen molar-refractivity contribution in [1.29, 1.82) is 0 Å². The minimum absolute atomic E-state index is 0.0822. The van der Waals surface area contributed by atoms with Crippen molar-refractivity contribution in [1.82, 2.24) is 24.6 Å². The second-order valence-corrected chi connectivity index (χ2v) is 5.03. The lowest BCUT2D eigenvalue weighted by Gasteiger charge is -2.07. The molecule has 0 spiro atoms. The molecule has 2 heterocycles. The second-order valence-electron chi connectivity index (χ2n) is 4.03. The van der Waals surface area contributed by atoms with E-state index in [0.29, 0.717) is 15.8 Å². The van der Waals surface area contributed by atoms with Gasteiger partial charge in [0.2, 0.25) is 5.13 Å². The summed E-state index contributed by atoms with van der Waals surface area (Å²) in [6.45, 7) is 1.82. The topological polar surface area (TPSA) is 89.9 Å². The van der Waals surface area contributed by atoms with E-state index in [1.54, 1.807) is 18.8 Å². The summed E-state index contributed by atoms with van der Waals surface area (Å²) >= 11 is 1.26. The highest BCUT2D eigenvalue weighted by Gasteiger charge is 2.17. The molecule has 0 bridgehead atoms. The summed E-state index contributed by atoms with van der Waals surface area (Å²) in [5, 5.41) is 4.66. The zero-order chi connectivity index (χ0) is 13.3. The number of thiazole rings is 1. The molecule has 1 atom stereocenters. The maximum atomic E-state index is 11.8. The number of hydrogen-bond acceptors (Lipinski definition) is 6. The summed E-state index contributed by atoms with van der Waals surface area (Å²) in [7, 11) is 3.40. The van der Waals surface area contributed by atoms with Gasteiger partial charge in [0.15, 0.2) is 5.82 Å². The molecule has 0 unspecified atom stereocenters. The van der Waals surface area contributed by atoms with Crippen molar-refractivity contribution in [3.05, 3.63) is 23.2 Å². The van der Waals surface area contributed by atoms with Crippen LogP contribution in [-0.2, 0) is 0 Å². The zero-order valence-electron chi connectivity index (χ0n) is 10.4. The molecule has 18 heavy (non-hydrogen) atoms. The first-order valence-electron chi connectivity index (χ1n) is 5.34. The number of amides is 1. The lowest BCUT2D eigenvalue weighted by Crippen LogP contribution is -2.20. The van der Waals surface area contributed by atoms with E-state index >= 15 is 0 Å². The molecule has 8 heteroatoms. The molecule has 0 aliphatic carbocycles. The van der Waals surface area contributed by atoms with Gasteiger partial charge in [-0.25, -0.2) is 9.97 Å². The van der Waals surface area contributed by atoms with Gasteiger partial charge in [0.1, 0.15) is 11.2 Å². The molecule has 2 aromatic heterocycles. The molecule has 0 saturated heterocycles. The number of nitrogens with zero attached hydrogens (tertiary/aromatic N) is 5. The van der Waals surface area contributed by atoms with Crippen LogP contribution >= 0.6 is 11.3 Å². The van der Waals surface area contributed by atoms with E-state index < -0.39 is 0 Å². The Labute approximate surface area is 108 Å². The van der Waals surface area contributed by atoms with Gasteiger partial charge in [-0.3, -0.25) is 4.79 Å². The minimum atomic E-state index is -0.246. The van der Waals surface area contributed by atoms with E-state index in [1.807, 2.05) is 6.92 Å². The molecule has 0 saturated carbocycles. The normalized spacial score (nSPS) is 12.4. The number of carbonyl (C=O) groups excluding carboxylic acids is 1. The summed E-state index contributed by atoms with van der Waals surface area (Å²) in [6.07, 6.45) is 2.96. The second kappa shape index (κ2) is 4.83. The van der Waals surface area contributed by atoms with Crippen LogP contribution in [-0.4, -0.2) is 44.7 Å². The summed E-state index contributed by atoms with van der Waals surface area (Å²) in [6, 6.07) is -0.246. The van der Waals surface area contributed by atoms with E-state index in [1.165, 1.54) is 28.8 Å². The first-order chi connectivity index (χ1) is 8.50. The van der Waals surface area contributed by atoms with E-state index in [0.717, 1.165) is 0 Å². The van der Waals surface area contributed by atoms with Gasteiger partial charge in [0, 0.05) is 14.1 Å². The fraction of sp³-hybridized carbons (Fsp3) is 0.400. The van der Waals surface area contributed by atoms with Crippen molar-refractivity contribution in [3.63, 3.8) is 0 Å². The highest BCUT2D eigenvalue weighted by atomic mass is 32.1. The van der Waals surface area contributed by atoms with E-state index in [-0.39, 0.29) is 11.9 Å². The molecule has 0 radical (unpaired) electrons. The van der Waals surface area contributed by atoms with Crippen LogP contribution < -0.4 is 5.73 Å². The quantitative estimate of drug-likeness (QED) is 0.871. The molecule has 2 N–H and O–H groups in total. The number of nitrogens with two attached hydrogens (primary N) is 1. The van der Waals surface area contributed by atoms with Gasteiger partial charge in [-0.15, -0.1) is 0 Å². The minimum Gasteiger partial charge on any atom is -0.344 e. The van der Waals surface area contributed by atoms with Gasteiger partial charge in [-0.2, -0.15) is 9.78 Å². The number of carbonyl (C=O) groups is 1. The SMILES string of the molecule is C[C@H](N)c1ncnn1-c1ncc(C(=O)N(C)C)s1. The molecule has 0 aliphatic heterocycles.